The highest BCUT2D eigenvalue weighted by Gasteiger charge is 2.28. The van der Waals surface area contributed by atoms with Crippen molar-refractivity contribution in [1.82, 2.24) is 15.6 Å². The fourth-order valence-electron chi connectivity index (χ4n) is 3.39. The number of nitrogens with one attached hydrogen (secondary N) is 3. The first-order chi connectivity index (χ1) is 14.7. The molecule has 3 atom stereocenters. The molecule has 1 heterocycles. The molecule has 0 saturated carbocycles. The summed E-state index contributed by atoms with van der Waals surface area (Å²) < 4.78 is 0. The molecule has 0 spiro atoms. The van der Waals surface area contributed by atoms with Crippen molar-refractivity contribution < 1.29 is 19.5 Å². The number of amides is 2. The maximum atomic E-state index is 13.0. The van der Waals surface area contributed by atoms with E-state index in [9.17, 15) is 19.5 Å². The Morgan fingerprint density at radius 1 is 1.13 bits per heavy atom. The van der Waals surface area contributed by atoms with Crippen molar-refractivity contribution in [3.63, 3.8) is 0 Å². The summed E-state index contributed by atoms with van der Waals surface area (Å²) in [4.78, 5) is 40.4. The third-order valence-electron chi connectivity index (χ3n) is 5.02. The molecule has 0 aliphatic carbocycles. The van der Waals surface area contributed by atoms with Crippen LogP contribution in [0.5, 0.6) is 0 Å². The number of hydrogen-bond donors (Lipinski definition) is 5. The van der Waals surface area contributed by atoms with Gasteiger partial charge in [0.2, 0.25) is 11.8 Å². The number of rotatable bonds is 12. The second kappa shape index (κ2) is 11.8. The zero-order chi connectivity index (χ0) is 23.0. The quantitative estimate of drug-likeness (QED) is 0.336. The first-order valence-corrected chi connectivity index (χ1v) is 11.7. The molecule has 0 saturated heterocycles. The predicted octanol–water partition coefficient (Wildman–Crippen LogP) is 1.89. The number of carboxylic acids is 1. The molecule has 0 aliphatic heterocycles. The summed E-state index contributed by atoms with van der Waals surface area (Å²) in [6.07, 6.45) is 4.66. The lowest BCUT2D eigenvalue weighted by Gasteiger charge is -2.23. The summed E-state index contributed by atoms with van der Waals surface area (Å²) >= 11 is 1.50. The lowest BCUT2D eigenvalue weighted by atomic mass is 10.0. The van der Waals surface area contributed by atoms with Gasteiger partial charge in [-0.2, -0.15) is 11.8 Å². The first-order valence-electron chi connectivity index (χ1n) is 10.4. The van der Waals surface area contributed by atoms with Crippen LogP contribution in [0.1, 0.15) is 32.3 Å². The van der Waals surface area contributed by atoms with E-state index in [4.69, 9.17) is 5.73 Å². The van der Waals surface area contributed by atoms with Crippen LogP contribution < -0.4 is 16.4 Å². The normalized spacial score (nSPS) is 14.2. The molecule has 0 radical (unpaired) electrons. The SMILES string of the molecule is CSCCC(NC(=O)C(Cc1c[nH]c2ccccc12)NC(=O)C(N)CC(C)C)C(=O)O. The number of aromatic amines is 1. The summed E-state index contributed by atoms with van der Waals surface area (Å²) in [6, 6.07) is 4.95. The average Bonchev–Trinajstić information content (AvgIpc) is 3.12. The molecular weight excluding hydrogens is 416 g/mol. The van der Waals surface area contributed by atoms with Crippen molar-refractivity contribution in [2.75, 3.05) is 12.0 Å². The fraction of sp³-hybridized carbons (Fsp3) is 0.500. The Balaban J connectivity index is 2.22. The van der Waals surface area contributed by atoms with Crippen molar-refractivity contribution in [2.24, 2.45) is 11.7 Å². The maximum absolute atomic E-state index is 13.0. The van der Waals surface area contributed by atoms with Gasteiger partial charge in [-0.05, 0) is 42.4 Å². The number of aromatic nitrogens is 1. The average molecular weight is 449 g/mol. The molecule has 6 N–H and O–H groups in total. The molecule has 1 aromatic carbocycles. The molecule has 0 aliphatic rings. The maximum Gasteiger partial charge on any atom is 0.326 e. The third kappa shape index (κ3) is 7.29. The highest BCUT2D eigenvalue weighted by Crippen LogP contribution is 2.19. The molecule has 1 aromatic heterocycles. The van der Waals surface area contributed by atoms with Gasteiger partial charge in [0.1, 0.15) is 12.1 Å². The van der Waals surface area contributed by atoms with Crippen LogP contribution in [0.15, 0.2) is 30.5 Å². The summed E-state index contributed by atoms with van der Waals surface area (Å²) in [5.74, 6) is -1.25. The van der Waals surface area contributed by atoms with Gasteiger partial charge in [-0.3, -0.25) is 9.59 Å². The van der Waals surface area contributed by atoms with E-state index < -0.39 is 35.9 Å². The highest BCUT2D eigenvalue weighted by atomic mass is 32.2. The van der Waals surface area contributed by atoms with Gasteiger partial charge >= 0.3 is 5.97 Å². The van der Waals surface area contributed by atoms with Crippen LogP contribution in [0.25, 0.3) is 10.9 Å². The van der Waals surface area contributed by atoms with Crippen molar-refractivity contribution >= 4 is 40.4 Å². The van der Waals surface area contributed by atoms with Gasteiger partial charge in [0.25, 0.3) is 0 Å². The monoisotopic (exact) mass is 448 g/mol. The van der Waals surface area contributed by atoms with E-state index in [2.05, 4.69) is 15.6 Å². The van der Waals surface area contributed by atoms with Gasteiger partial charge in [0.05, 0.1) is 6.04 Å². The van der Waals surface area contributed by atoms with Crippen LogP contribution in [-0.4, -0.2) is 58.0 Å². The van der Waals surface area contributed by atoms with E-state index in [1.54, 1.807) is 6.20 Å². The van der Waals surface area contributed by atoms with E-state index in [0.717, 1.165) is 16.5 Å². The molecule has 0 bridgehead atoms. The number of carbonyl (C=O) groups is 3. The Morgan fingerprint density at radius 3 is 2.45 bits per heavy atom. The Kier molecular flexibility index (Phi) is 9.39. The van der Waals surface area contributed by atoms with Gasteiger partial charge in [-0.25, -0.2) is 4.79 Å². The number of para-hydroxylation sites is 1. The number of nitrogens with two attached hydrogens (primary N) is 1. The van der Waals surface area contributed by atoms with E-state index in [1.807, 2.05) is 44.4 Å². The summed E-state index contributed by atoms with van der Waals surface area (Å²) in [6.45, 7) is 3.93. The lowest BCUT2D eigenvalue weighted by molar-refractivity contribution is -0.142. The fourth-order valence-corrected chi connectivity index (χ4v) is 3.86. The molecule has 2 amide bonds. The van der Waals surface area contributed by atoms with E-state index in [-0.39, 0.29) is 12.3 Å². The van der Waals surface area contributed by atoms with Crippen LogP contribution in [0.2, 0.25) is 0 Å². The predicted molar refractivity (Wildman–Crippen MR) is 124 cm³/mol. The van der Waals surface area contributed by atoms with Crippen LogP contribution in [0, 0.1) is 5.92 Å². The van der Waals surface area contributed by atoms with Crippen LogP contribution in [0.4, 0.5) is 0 Å². The first kappa shape index (κ1) is 24.7. The smallest absolute Gasteiger partial charge is 0.326 e. The molecule has 2 rings (SSSR count). The lowest BCUT2D eigenvalue weighted by Crippen LogP contribution is -2.55. The van der Waals surface area contributed by atoms with Gasteiger partial charge in [-0.15, -0.1) is 0 Å². The number of benzene rings is 1. The van der Waals surface area contributed by atoms with E-state index in [0.29, 0.717) is 18.6 Å². The number of H-pyrrole nitrogens is 1. The van der Waals surface area contributed by atoms with Gasteiger partial charge in [0.15, 0.2) is 0 Å². The highest BCUT2D eigenvalue weighted by molar-refractivity contribution is 7.98. The zero-order valence-electron chi connectivity index (χ0n) is 18.2. The standard InChI is InChI=1S/C22H32N4O4S/c1-13(2)10-16(23)20(27)26-19(21(28)25-18(22(29)30)8-9-31-3)11-14-12-24-17-7-5-4-6-15(14)17/h4-7,12-13,16,18-19,24H,8-11,23H2,1-3H3,(H,25,28)(H,26,27)(H,29,30). The number of aliphatic carboxylic acids is 1. The Bertz CT molecular complexity index is 899. The molecule has 9 heteroatoms. The van der Waals surface area contributed by atoms with Crippen LogP contribution >= 0.6 is 11.8 Å². The minimum absolute atomic E-state index is 0.213. The summed E-state index contributed by atoms with van der Waals surface area (Å²) in [7, 11) is 0. The number of carbonyl (C=O) groups excluding carboxylic acids is 2. The summed E-state index contributed by atoms with van der Waals surface area (Å²) in [5.41, 5.74) is 7.77. The molecule has 0 fully saturated rings. The van der Waals surface area contributed by atoms with Crippen molar-refractivity contribution in [1.29, 1.82) is 0 Å². The molecular formula is C22H32N4O4S. The van der Waals surface area contributed by atoms with Gasteiger partial charge < -0.3 is 26.5 Å². The van der Waals surface area contributed by atoms with E-state index in [1.165, 1.54) is 11.8 Å². The minimum Gasteiger partial charge on any atom is -0.480 e. The third-order valence-corrected chi connectivity index (χ3v) is 5.66. The molecule has 3 unspecified atom stereocenters. The topological polar surface area (TPSA) is 137 Å². The second-order valence-electron chi connectivity index (χ2n) is 8.04. The Hall–Kier alpha value is -2.52. The second-order valence-corrected chi connectivity index (χ2v) is 9.03. The number of thioether (sulfide) groups is 1. The molecule has 2 aromatic rings. The molecule has 8 nitrogen and oxygen atoms in total. The Labute approximate surface area is 186 Å². The number of fused-ring (bicyclic) bond motifs is 1. The minimum atomic E-state index is -1.10. The van der Waals surface area contributed by atoms with Crippen LogP contribution in [-0.2, 0) is 20.8 Å². The number of hydrogen-bond acceptors (Lipinski definition) is 5. The van der Waals surface area contributed by atoms with Crippen molar-refractivity contribution in [2.45, 2.75) is 51.2 Å². The molecule has 31 heavy (non-hydrogen) atoms. The van der Waals surface area contributed by atoms with Crippen molar-refractivity contribution in [3.8, 4) is 0 Å². The zero-order valence-corrected chi connectivity index (χ0v) is 19.0. The van der Waals surface area contributed by atoms with Gasteiger partial charge in [-0.1, -0.05) is 32.0 Å². The van der Waals surface area contributed by atoms with E-state index >= 15 is 0 Å². The number of carboxylic acid groups (broad SMARTS) is 1. The van der Waals surface area contributed by atoms with Crippen LogP contribution in [0.3, 0.4) is 0 Å². The Morgan fingerprint density at radius 2 is 1.81 bits per heavy atom. The van der Waals surface area contributed by atoms with Crippen molar-refractivity contribution in [3.05, 3.63) is 36.0 Å². The van der Waals surface area contributed by atoms with Gasteiger partial charge in [0, 0.05) is 23.5 Å². The largest absolute Gasteiger partial charge is 0.480 e. The summed E-state index contributed by atoms with van der Waals surface area (Å²) in [5, 5.41) is 15.7. The molecule has 170 valence electrons.